The second-order valence-corrected chi connectivity index (χ2v) is 3.04. The maximum absolute atomic E-state index is 5.52. The minimum absolute atomic E-state index is 0.355. The van der Waals surface area contributed by atoms with Gasteiger partial charge in [0, 0.05) is 0 Å². The Morgan fingerprint density at radius 1 is 1.60 bits per heavy atom. The lowest BCUT2D eigenvalue weighted by Crippen LogP contribution is -2.25. The maximum atomic E-state index is 5.52. The third kappa shape index (κ3) is 0.907. The van der Waals surface area contributed by atoms with Crippen molar-refractivity contribution in [3.63, 3.8) is 0 Å². The van der Waals surface area contributed by atoms with Crippen molar-refractivity contribution in [2.75, 3.05) is 6.61 Å². The Hall–Kier alpha value is -0.560. The third-order valence-corrected chi connectivity index (χ3v) is 2.30. The fraction of sp³-hybridized carbons (Fsp3) is 0.556. The molecule has 1 atom stereocenters. The van der Waals surface area contributed by atoms with E-state index in [0.717, 1.165) is 25.9 Å². The van der Waals surface area contributed by atoms with Crippen molar-refractivity contribution >= 4 is 0 Å². The van der Waals surface area contributed by atoms with E-state index in [1.54, 1.807) is 5.57 Å². The van der Waals surface area contributed by atoms with Crippen LogP contribution < -0.4 is 0 Å². The van der Waals surface area contributed by atoms with E-state index in [4.69, 9.17) is 4.74 Å². The minimum atomic E-state index is 0.355. The number of ether oxygens (including phenoxy) is 1. The largest absolute Gasteiger partial charge is 0.373 e. The molecule has 0 aromatic heterocycles. The molecule has 0 spiro atoms. The van der Waals surface area contributed by atoms with Crippen molar-refractivity contribution in [1.29, 1.82) is 0 Å². The Kier molecular flexibility index (Phi) is 1.38. The Labute approximate surface area is 61.4 Å². The van der Waals surface area contributed by atoms with Crippen LogP contribution in [0.3, 0.4) is 0 Å². The molecule has 0 aromatic carbocycles. The Balaban J connectivity index is 2.22. The van der Waals surface area contributed by atoms with E-state index < -0.39 is 0 Å². The van der Waals surface area contributed by atoms with E-state index in [1.807, 2.05) is 0 Å². The van der Waals surface area contributed by atoms with Crippen LogP contribution in [0.2, 0.25) is 0 Å². The van der Waals surface area contributed by atoms with Gasteiger partial charge >= 0.3 is 0 Å². The molecule has 0 radical (unpaired) electrons. The second kappa shape index (κ2) is 2.24. The number of fused-ring (bicyclic) bond motifs is 2. The summed E-state index contributed by atoms with van der Waals surface area (Å²) in [5.74, 6) is 0. The van der Waals surface area contributed by atoms with Crippen molar-refractivity contribution in [2.24, 2.45) is 0 Å². The molecule has 0 amide bonds. The molecule has 54 valence electrons. The Morgan fingerprint density at radius 2 is 2.50 bits per heavy atom. The van der Waals surface area contributed by atoms with E-state index in [1.165, 1.54) is 5.57 Å². The van der Waals surface area contributed by atoms with Gasteiger partial charge in [-0.1, -0.05) is 18.2 Å². The van der Waals surface area contributed by atoms with Gasteiger partial charge in [0.15, 0.2) is 0 Å². The van der Waals surface area contributed by atoms with Crippen LogP contribution in [-0.2, 0) is 4.74 Å². The summed E-state index contributed by atoms with van der Waals surface area (Å²) in [6.07, 6.45) is 5.96. The zero-order valence-electron chi connectivity index (χ0n) is 6.10. The molecule has 2 bridgehead atoms. The molecule has 2 aliphatic rings. The predicted molar refractivity (Wildman–Crippen MR) is 40.8 cm³/mol. The highest BCUT2D eigenvalue weighted by Gasteiger charge is 2.22. The van der Waals surface area contributed by atoms with E-state index in [0.29, 0.717) is 6.10 Å². The van der Waals surface area contributed by atoms with Gasteiger partial charge in [-0.25, -0.2) is 0 Å². The number of allylic oxidation sites excluding steroid dienone is 1. The highest BCUT2D eigenvalue weighted by atomic mass is 16.5. The summed E-state index contributed by atoms with van der Waals surface area (Å²) in [5.41, 5.74) is 2.83. The van der Waals surface area contributed by atoms with Crippen LogP contribution >= 0.6 is 0 Å². The first-order valence-electron chi connectivity index (χ1n) is 3.83. The van der Waals surface area contributed by atoms with Crippen LogP contribution in [0.25, 0.3) is 0 Å². The molecule has 0 saturated carbocycles. The minimum Gasteiger partial charge on any atom is -0.373 e. The van der Waals surface area contributed by atoms with Crippen LogP contribution in [-0.4, -0.2) is 12.7 Å². The molecule has 1 aliphatic carbocycles. The molecule has 10 heavy (non-hydrogen) atoms. The fourth-order valence-corrected chi connectivity index (χ4v) is 1.59. The van der Waals surface area contributed by atoms with E-state index >= 15 is 0 Å². The molecular formula is C9H12O. The molecule has 1 fully saturated rings. The van der Waals surface area contributed by atoms with Gasteiger partial charge in [0.05, 0.1) is 12.7 Å². The van der Waals surface area contributed by atoms with E-state index in [-0.39, 0.29) is 0 Å². The highest BCUT2D eigenvalue weighted by Crippen LogP contribution is 2.30. The van der Waals surface area contributed by atoms with E-state index in [2.05, 4.69) is 12.7 Å². The molecule has 1 heterocycles. The number of hydrogen-bond acceptors (Lipinski definition) is 1. The average Bonchev–Trinajstić information content (AvgIpc) is 1.99. The highest BCUT2D eigenvalue weighted by molar-refractivity contribution is 5.23. The molecule has 1 saturated heterocycles. The number of hydrogen-bond donors (Lipinski definition) is 0. The molecule has 1 unspecified atom stereocenters. The van der Waals surface area contributed by atoms with Gasteiger partial charge in [-0.05, 0) is 24.8 Å². The van der Waals surface area contributed by atoms with Gasteiger partial charge in [0.1, 0.15) is 0 Å². The standard InChI is InChI=1S/C9H12O/c1-7-2-3-8-4-5-10-9(7)6-8/h3,9H,1-2,4-6H2. The summed E-state index contributed by atoms with van der Waals surface area (Å²) >= 11 is 0. The summed E-state index contributed by atoms with van der Waals surface area (Å²) in [5, 5.41) is 0. The molecule has 1 aliphatic heterocycles. The first-order chi connectivity index (χ1) is 4.86. The van der Waals surface area contributed by atoms with Crippen LogP contribution in [0.15, 0.2) is 23.8 Å². The van der Waals surface area contributed by atoms with Crippen molar-refractivity contribution in [2.45, 2.75) is 25.4 Å². The fourth-order valence-electron chi connectivity index (χ4n) is 1.59. The molecule has 0 aromatic rings. The summed E-state index contributed by atoms with van der Waals surface area (Å²) in [7, 11) is 0. The van der Waals surface area contributed by atoms with Crippen LogP contribution in [0.4, 0.5) is 0 Å². The molecule has 1 nitrogen and oxygen atoms in total. The molecule has 0 N–H and O–H groups in total. The molecule has 2 rings (SSSR count). The smallest absolute Gasteiger partial charge is 0.0822 e. The summed E-state index contributed by atoms with van der Waals surface area (Å²) in [6.45, 7) is 4.86. The van der Waals surface area contributed by atoms with Crippen molar-refractivity contribution < 1.29 is 4.74 Å². The first kappa shape index (κ1) is 6.17. The lowest BCUT2D eigenvalue weighted by Gasteiger charge is -2.30. The first-order valence-corrected chi connectivity index (χ1v) is 3.83. The van der Waals surface area contributed by atoms with Gasteiger partial charge in [-0.3, -0.25) is 0 Å². The SMILES string of the molecule is C=C1CC=C2CCOC1C2. The zero-order valence-corrected chi connectivity index (χ0v) is 6.10. The second-order valence-electron chi connectivity index (χ2n) is 3.04. The van der Waals surface area contributed by atoms with Gasteiger partial charge in [0.2, 0.25) is 0 Å². The van der Waals surface area contributed by atoms with Crippen molar-refractivity contribution in [3.8, 4) is 0 Å². The van der Waals surface area contributed by atoms with Crippen LogP contribution in [0.5, 0.6) is 0 Å². The zero-order chi connectivity index (χ0) is 6.97. The van der Waals surface area contributed by atoms with Gasteiger partial charge in [-0.2, -0.15) is 0 Å². The quantitative estimate of drug-likeness (QED) is 0.463. The van der Waals surface area contributed by atoms with Crippen LogP contribution in [0, 0.1) is 0 Å². The molecule has 1 heteroatoms. The Bertz CT molecular complexity index is 191. The molecular weight excluding hydrogens is 124 g/mol. The lowest BCUT2D eigenvalue weighted by molar-refractivity contribution is 0.0552. The lowest BCUT2D eigenvalue weighted by atomic mass is 9.89. The van der Waals surface area contributed by atoms with Crippen LogP contribution in [0.1, 0.15) is 19.3 Å². The van der Waals surface area contributed by atoms with Gasteiger partial charge < -0.3 is 4.74 Å². The van der Waals surface area contributed by atoms with Gasteiger partial charge in [0.25, 0.3) is 0 Å². The number of rotatable bonds is 0. The predicted octanol–water partition coefficient (Wildman–Crippen LogP) is 2.05. The topological polar surface area (TPSA) is 9.23 Å². The summed E-state index contributed by atoms with van der Waals surface area (Å²) in [6, 6.07) is 0. The van der Waals surface area contributed by atoms with Crippen molar-refractivity contribution in [3.05, 3.63) is 23.8 Å². The van der Waals surface area contributed by atoms with Crippen molar-refractivity contribution in [1.82, 2.24) is 0 Å². The summed E-state index contributed by atoms with van der Waals surface area (Å²) < 4.78 is 5.52. The monoisotopic (exact) mass is 136 g/mol. The summed E-state index contributed by atoms with van der Waals surface area (Å²) in [4.78, 5) is 0. The third-order valence-electron chi connectivity index (χ3n) is 2.30. The normalized spacial score (nSPS) is 31.8. The average molecular weight is 136 g/mol. The maximum Gasteiger partial charge on any atom is 0.0822 e. The Morgan fingerprint density at radius 3 is 3.30 bits per heavy atom. The van der Waals surface area contributed by atoms with Gasteiger partial charge in [-0.15, -0.1) is 0 Å². The van der Waals surface area contributed by atoms with E-state index in [9.17, 15) is 0 Å².